The van der Waals surface area contributed by atoms with Crippen LogP contribution in [-0.2, 0) is 14.3 Å². The summed E-state index contributed by atoms with van der Waals surface area (Å²) >= 11 is 0. The van der Waals surface area contributed by atoms with Gasteiger partial charge in [-0.1, -0.05) is 26.8 Å². The van der Waals surface area contributed by atoms with E-state index in [1.807, 2.05) is 6.92 Å². The Bertz CT molecular complexity index is 1020. The summed E-state index contributed by atoms with van der Waals surface area (Å²) in [4.78, 5) is 39.4. The number of Topliss-reactive ketones (excluding diaryl/α,β-unsaturated/α-hetero) is 1. The Morgan fingerprint density at radius 3 is 2.58 bits per heavy atom. The van der Waals surface area contributed by atoms with Crippen molar-refractivity contribution in [3.63, 3.8) is 0 Å². The normalized spacial score (nSPS) is 42.7. The summed E-state index contributed by atoms with van der Waals surface area (Å²) in [5, 5.41) is 5.97. The minimum atomic E-state index is -0.837. The molecule has 2 unspecified atom stereocenters. The Morgan fingerprint density at radius 1 is 1.24 bits per heavy atom. The molecule has 0 spiro atoms. The van der Waals surface area contributed by atoms with Gasteiger partial charge in [-0.3, -0.25) is 9.59 Å². The minimum Gasteiger partial charge on any atom is -0.458 e. The summed E-state index contributed by atoms with van der Waals surface area (Å²) in [6.07, 6.45) is 6.55. The fraction of sp³-hybridized carbons (Fsp3) is 0.692. The van der Waals surface area contributed by atoms with Gasteiger partial charge in [0.2, 0.25) is 0 Å². The van der Waals surface area contributed by atoms with Gasteiger partial charge in [-0.2, -0.15) is 5.10 Å². The molecule has 3 aliphatic rings. The molecule has 0 aliphatic heterocycles. The Morgan fingerprint density at radius 2 is 1.94 bits per heavy atom. The van der Waals surface area contributed by atoms with E-state index in [2.05, 4.69) is 37.5 Å². The number of ether oxygens (including phenoxy) is 2. The standard InChI is InChI=1S/C26H36N2O5/c1-7-24(4)14-19(33-23(31)17-10-13-27-28-22(17)30)25(5)15(2)8-11-26(16(3)21(24)29)12-9-18(32-6)20(25)26/h7,10,13,15-16,18-20H,1,8-9,11-12,14H2,2-6H3,(H,28,30)/t15-,16+,18-,19-,20?,24-,25+,26?/m1/s1. The average Bonchev–Trinajstić information content (AvgIpc) is 3.20. The lowest BCUT2D eigenvalue weighted by Crippen LogP contribution is -2.63. The first-order chi connectivity index (χ1) is 15.5. The molecule has 7 nitrogen and oxygen atoms in total. The van der Waals surface area contributed by atoms with Crippen molar-refractivity contribution >= 4 is 11.8 Å². The summed E-state index contributed by atoms with van der Waals surface area (Å²) < 4.78 is 12.2. The highest BCUT2D eigenvalue weighted by Crippen LogP contribution is 2.68. The second kappa shape index (κ2) is 8.19. The Balaban J connectivity index is 1.88. The van der Waals surface area contributed by atoms with Crippen LogP contribution in [0.2, 0.25) is 0 Å². The highest BCUT2D eigenvalue weighted by atomic mass is 16.5. The molecular formula is C26H36N2O5. The van der Waals surface area contributed by atoms with E-state index in [1.165, 1.54) is 12.3 Å². The number of esters is 1. The van der Waals surface area contributed by atoms with E-state index in [4.69, 9.17) is 9.47 Å². The Hall–Kier alpha value is -2.28. The van der Waals surface area contributed by atoms with Crippen molar-refractivity contribution in [1.29, 1.82) is 0 Å². The van der Waals surface area contributed by atoms with E-state index in [9.17, 15) is 14.4 Å². The largest absolute Gasteiger partial charge is 0.458 e. The third kappa shape index (κ3) is 3.34. The zero-order valence-corrected chi connectivity index (χ0v) is 20.3. The molecule has 4 rings (SSSR count). The highest BCUT2D eigenvalue weighted by molar-refractivity contribution is 5.90. The topological polar surface area (TPSA) is 98.3 Å². The van der Waals surface area contributed by atoms with Crippen molar-refractivity contribution < 1.29 is 19.1 Å². The van der Waals surface area contributed by atoms with Crippen LogP contribution in [0.3, 0.4) is 0 Å². The molecule has 33 heavy (non-hydrogen) atoms. The number of aromatic amines is 1. The van der Waals surface area contributed by atoms with Gasteiger partial charge >= 0.3 is 5.97 Å². The molecular weight excluding hydrogens is 420 g/mol. The number of carbonyl (C=O) groups is 2. The first-order valence-electron chi connectivity index (χ1n) is 12.0. The molecule has 3 fully saturated rings. The third-order valence-electron chi connectivity index (χ3n) is 9.73. The van der Waals surface area contributed by atoms with E-state index < -0.39 is 28.5 Å². The molecule has 2 bridgehead atoms. The van der Waals surface area contributed by atoms with Crippen molar-refractivity contribution in [1.82, 2.24) is 10.2 Å². The van der Waals surface area contributed by atoms with Gasteiger partial charge in [0.15, 0.2) is 0 Å². The summed E-state index contributed by atoms with van der Waals surface area (Å²) in [6, 6.07) is 1.37. The lowest BCUT2D eigenvalue weighted by Gasteiger charge is -2.61. The molecule has 1 heterocycles. The van der Waals surface area contributed by atoms with Gasteiger partial charge in [-0.25, -0.2) is 9.89 Å². The molecule has 180 valence electrons. The first kappa shape index (κ1) is 23.9. The van der Waals surface area contributed by atoms with Gasteiger partial charge in [0, 0.05) is 42.4 Å². The van der Waals surface area contributed by atoms with Crippen molar-refractivity contribution in [3.8, 4) is 0 Å². The van der Waals surface area contributed by atoms with Gasteiger partial charge in [-0.05, 0) is 50.0 Å². The van der Waals surface area contributed by atoms with Crippen LogP contribution < -0.4 is 5.56 Å². The molecule has 3 aliphatic carbocycles. The SMILES string of the molecule is C=C[C@]1(C)C[C@@H](OC(=O)c2ccn[nH]c2=O)[C@@]2(C)C3[C@H](OC)CCC3(CC[C@H]2C)[C@@H](C)C1=O. The Kier molecular flexibility index (Phi) is 5.92. The van der Waals surface area contributed by atoms with Crippen LogP contribution in [0.1, 0.15) is 70.2 Å². The molecule has 7 heteroatoms. The molecule has 0 radical (unpaired) electrons. The molecule has 8 atom stereocenters. The zero-order valence-electron chi connectivity index (χ0n) is 20.3. The number of hydrogen-bond acceptors (Lipinski definition) is 6. The first-order valence-corrected chi connectivity index (χ1v) is 12.0. The maximum atomic E-state index is 13.9. The number of H-pyrrole nitrogens is 1. The highest BCUT2D eigenvalue weighted by Gasteiger charge is 2.68. The molecule has 3 saturated carbocycles. The summed E-state index contributed by atoms with van der Waals surface area (Å²) in [5.74, 6) is -0.363. The van der Waals surface area contributed by atoms with Gasteiger partial charge < -0.3 is 9.47 Å². The number of aromatic nitrogens is 2. The second-order valence-corrected chi connectivity index (χ2v) is 10.9. The van der Waals surface area contributed by atoms with Gasteiger partial charge in [0.05, 0.1) is 6.10 Å². The fourth-order valence-corrected chi connectivity index (χ4v) is 7.49. The number of hydrogen-bond donors (Lipinski definition) is 1. The van der Waals surface area contributed by atoms with Gasteiger partial charge in [-0.15, -0.1) is 6.58 Å². The molecule has 1 N–H and O–H groups in total. The van der Waals surface area contributed by atoms with Gasteiger partial charge in [0.25, 0.3) is 5.56 Å². The van der Waals surface area contributed by atoms with E-state index in [0.29, 0.717) is 6.42 Å². The maximum absolute atomic E-state index is 13.9. The molecule has 1 aromatic heterocycles. The monoisotopic (exact) mass is 456 g/mol. The van der Waals surface area contributed by atoms with Crippen molar-refractivity contribution in [2.75, 3.05) is 7.11 Å². The number of rotatable bonds is 4. The van der Waals surface area contributed by atoms with Crippen LogP contribution >= 0.6 is 0 Å². The molecule has 0 amide bonds. The van der Waals surface area contributed by atoms with Crippen LogP contribution in [0.5, 0.6) is 0 Å². The van der Waals surface area contributed by atoms with Crippen LogP contribution in [0.4, 0.5) is 0 Å². The van der Waals surface area contributed by atoms with Crippen LogP contribution in [0.25, 0.3) is 0 Å². The van der Waals surface area contributed by atoms with Crippen molar-refractivity contribution in [2.24, 2.45) is 34.0 Å². The number of methoxy groups -OCH3 is 1. The smallest absolute Gasteiger partial charge is 0.344 e. The second-order valence-electron chi connectivity index (χ2n) is 10.9. The lowest BCUT2D eigenvalue weighted by atomic mass is 9.44. The number of nitrogens with one attached hydrogen (secondary N) is 1. The number of ketones is 1. The van der Waals surface area contributed by atoms with Crippen LogP contribution in [-0.4, -0.2) is 41.3 Å². The predicted octanol–water partition coefficient (Wildman–Crippen LogP) is 3.94. The maximum Gasteiger partial charge on any atom is 0.344 e. The van der Waals surface area contributed by atoms with E-state index in [-0.39, 0.29) is 40.6 Å². The summed E-state index contributed by atoms with van der Waals surface area (Å²) in [7, 11) is 1.74. The quantitative estimate of drug-likeness (QED) is 0.544. The fourth-order valence-electron chi connectivity index (χ4n) is 7.49. The third-order valence-corrected chi connectivity index (χ3v) is 9.73. The summed E-state index contributed by atoms with van der Waals surface area (Å²) in [5.41, 5.74) is -2.14. The number of allylic oxidation sites excluding steroid dienone is 1. The summed E-state index contributed by atoms with van der Waals surface area (Å²) in [6.45, 7) is 12.4. The number of nitrogens with zero attached hydrogens (tertiary/aromatic N) is 1. The van der Waals surface area contributed by atoms with E-state index in [1.54, 1.807) is 13.2 Å². The minimum absolute atomic E-state index is 0.00776. The van der Waals surface area contributed by atoms with Crippen molar-refractivity contribution in [3.05, 3.63) is 40.8 Å². The Labute approximate surface area is 195 Å². The van der Waals surface area contributed by atoms with Crippen molar-refractivity contribution in [2.45, 2.75) is 72.0 Å². The van der Waals surface area contributed by atoms with E-state index >= 15 is 0 Å². The van der Waals surface area contributed by atoms with Crippen LogP contribution in [0, 0.1) is 34.0 Å². The molecule has 0 saturated heterocycles. The van der Waals surface area contributed by atoms with Gasteiger partial charge in [0.1, 0.15) is 17.5 Å². The number of carbonyl (C=O) groups excluding carboxylic acids is 2. The zero-order chi connectivity index (χ0) is 24.2. The predicted molar refractivity (Wildman–Crippen MR) is 124 cm³/mol. The average molecular weight is 457 g/mol. The molecule has 1 aromatic rings. The van der Waals surface area contributed by atoms with E-state index in [0.717, 1.165) is 25.7 Å². The molecule has 0 aromatic carbocycles. The lowest BCUT2D eigenvalue weighted by molar-refractivity contribution is -0.189. The van der Waals surface area contributed by atoms with Crippen LogP contribution in [0.15, 0.2) is 29.7 Å².